The van der Waals surface area contributed by atoms with Gasteiger partial charge in [-0.25, -0.2) is 4.39 Å². The van der Waals surface area contributed by atoms with Gasteiger partial charge in [0.2, 0.25) is 0 Å². The SMILES string of the molecule is C=C(C)Nc1cc(C(CCC2CC2)n2ccccc2=O)ccc1F.CC. The van der Waals surface area contributed by atoms with Crippen LogP contribution in [0.2, 0.25) is 0 Å². The molecule has 1 unspecified atom stereocenters. The highest BCUT2D eigenvalue weighted by Crippen LogP contribution is 2.37. The van der Waals surface area contributed by atoms with Gasteiger partial charge in [-0.1, -0.05) is 45.4 Å². The van der Waals surface area contributed by atoms with Crippen LogP contribution in [0.15, 0.2) is 59.7 Å². The van der Waals surface area contributed by atoms with Crippen LogP contribution in [0.1, 0.15) is 58.1 Å². The van der Waals surface area contributed by atoms with Gasteiger partial charge in [-0.2, -0.15) is 0 Å². The smallest absolute Gasteiger partial charge is 0.251 e. The highest BCUT2D eigenvalue weighted by Gasteiger charge is 2.24. The Labute approximate surface area is 155 Å². The molecule has 1 fully saturated rings. The maximum absolute atomic E-state index is 14.0. The molecule has 3 rings (SSSR count). The van der Waals surface area contributed by atoms with Gasteiger partial charge < -0.3 is 9.88 Å². The zero-order valence-electron chi connectivity index (χ0n) is 16.0. The minimum atomic E-state index is -0.317. The number of rotatable bonds is 7. The second-order valence-corrected chi connectivity index (χ2v) is 6.63. The molecule has 4 heteroatoms. The van der Waals surface area contributed by atoms with Gasteiger partial charge >= 0.3 is 0 Å². The summed E-state index contributed by atoms with van der Waals surface area (Å²) in [5.74, 6) is 0.462. The van der Waals surface area contributed by atoms with Gasteiger partial charge in [0, 0.05) is 18.0 Å². The monoisotopic (exact) mass is 356 g/mol. The Morgan fingerprint density at radius 2 is 2.04 bits per heavy atom. The fraction of sp³-hybridized carbons (Fsp3) is 0.409. The molecule has 0 saturated heterocycles. The standard InChI is InChI=1S/C20H23FN2O.C2H6/c1-14(2)22-18-13-16(9-10-17(18)21)19(11-8-15-6-7-15)23-12-4-3-5-20(23)24;1-2/h3-5,9-10,12-13,15,19,22H,1,6-8,11H2,2H3;1-2H3. The second-order valence-electron chi connectivity index (χ2n) is 6.63. The molecule has 1 aromatic heterocycles. The first-order valence-electron chi connectivity index (χ1n) is 9.44. The lowest BCUT2D eigenvalue weighted by atomic mass is 9.99. The first-order valence-corrected chi connectivity index (χ1v) is 9.44. The fourth-order valence-electron chi connectivity index (χ4n) is 3.04. The maximum Gasteiger partial charge on any atom is 0.251 e. The number of benzene rings is 1. The van der Waals surface area contributed by atoms with E-state index in [0.717, 1.165) is 24.3 Å². The zero-order chi connectivity index (χ0) is 19.1. The van der Waals surface area contributed by atoms with Crippen LogP contribution in [0, 0.1) is 11.7 Å². The lowest BCUT2D eigenvalue weighted by Gasteiger charge is -2.21. The topological polar surface area (TPSA) is 34.0 Å². The summed E-state index contributed by atoms with van der Waals surface area (Å²) < 4.78 is 15.8. The molecule has 1 aliphatic carbocycles. The molecule has 0 amide bonds. The number of hydrogen-bond acceptors (Lipinski definition) is 2. The minimum absolute atomic E-state index is 0.0305. The number of nitrogens with one attached hydrogen (secondary N) is 1. The molecule has 0 spiro atoms. The quantitative estimate of drug-likeness (QED) is 0.686. The molecule has 0 aliphatic heterocycles. The second kappa shape index (κ2) is 9.37. The molecule has 1 aromatic carbocycles. The average Bonchev–Trinajstić information content (AvgIpc) is 3.45. The van der Waals surface area contributed by atoms with Crippen molar-refractivity contribution in [3.8, 4) is 0 Å². The molecular formula is C22H29FN2O. The average molecular weight is 356 g/mol. The molecule has 3 nitrogen and oxygen atoms in total. The van der Waals surface area contributed by atoms with E-state index in [1.165, 1.54) is 18.9 Å². The van der Waals surface area contributed by atoms with Gasteiger partial charge in [0.1, 0.15) is 5.82 Å². The van der Waals surface area contributed by atoms with Crippen molar-refractivity contribution in [3.63, 3.8) is 0 Å². The van der Waals surface area contributed by atoms with Crippen LogP contribution < -0.4 is 10.9 Å². The predicted octanol–water partition coefficient (Wildman–Crippen LogP) is 5.74. The molecular weight excluding hydrogens is 327 g/mol. The third-order valence-corrected chi connectivity index (χ3v) is 4.46. The molecule has 2 aromatic rings. The number of hydrogen-bond donors (Lipinski definition) is 1. The fourth-order valence-corrected chi connectivity index (χ4v) is 3.04. The van der Waals surface area contributed by atoms with Crippen molar-refractivity contribution in [1.82, 2.24) is 4.57 Å². The van der Waals surface area contributed by atoms with Crippen molar-refractivity contribution in [2.45, 2.75) is 52.5 Å². The summed E-state index contributed by atoms with van der Waals surface area (Å²) >= 11 is 0. The number of aromatic nitrogens is 1. The Morgan fingerprint density at radius 3 is 2.65 bits per heavy atom. The number of allylic oxidation sites excluding steroid dienone is 1. The zero-order valence-corrected chi connectivity index (χ0v) is 16.0. The molecule has 1 atom stereocenters. The van der Waals surface area contributed by atoms with E-state index >= 15 is 0 Å². The van der Waals surface area contributed by atoms with E-state index in [1.807, 2.05) is 26.1 Å². The van der Waals surface area contributed by atoms with E-state index in [4.69, 9.17) is 0 Å². The van der Waals surface area contributed by atoms with Crippen LogP contribution in [0.4, 0.5) is 10.1 Å². The van der Waals surface area contributed by atoms with Crippen LogP contribution in [0.3, 0.4) is 0 Å². The molecule has 1 N–H and O–H groups in total. The molecule has 0 bridgehead atoms. The largest absolute Gasteiger partial charge is 0.357 e. The van der Waals surface area contributed by atoms with Gasteiger partial charge in [-0.3, -0.25) is 4.79 Å². The number of anilines is 1. The third-order valence-electron chi connectivity index (χ3n) is 4.46. The Kier molecular flexibility index (Phi) is 7.19. The number of pyridine rings is 1. The van der Waals surface area contributed by atoms with E-state index in [0.29, 0.717) is 11.4 Å². The summed E-state index contributed by atoms with van der Waals surface area (Å²) in [7, 11) is 0. The Morgan fingerprint density at radius 1 is 1.31 bits per heavy atom. The van der Waals surface area contributed by atoms with E-state index in [-0.39, 0.29) is 17.4 Å². The van der Waals surface area contributed by atoms with E-state index in [9.17, 15) is 9.18 Å². The number of nitrogens with zero attached hydrogens (tertiary/aromatic N) is 1. The predicted molar refractivity (Wildman–Crippen MR) is 107 cm³/mol. The highest BCUT2D eigenvalue weighted by molar-refractivity contribution is 5.51. The lowest BCUT2D eigenvalue weighted by molar-refractivity contribution is 0.487. The van der Waals surface area contributed by atoms with Gasteiger partial charge in [0.25, 0.3) is 5.56 Å². The summed E-state index contributed by atoms with van der Waals surface area (Å²) in [4.78, 5) is 12.3. The summed E-state index contributed by atoms with van der Waals surface area (Å²) in [5, 5.41) is 2.95. The van der Waals surface area contributed by atoms with Crippen LogP contribution in [-0.4, -0.2) is 4.57 Å². The summed E-state index contributed by atoms with van der Waals surface area (Å²) in [6, 6.07) is 10.1. The van der Waals surface area contributed by atoms with Crippen molar-refractivity contribution in [2.75, 3.05) is 5.32 Å². The van der Waals surface area contributed by atoms with Gasteiger partial charge in [0.15, 0.2) is 0 Å². The Bertz CT molecular complexity index is 793. The molecule has 26 heavy (non-hydrogen) atoms. The summed E-state index contributed by atoms with van der Waals surface area (Å²) in [6.07, 6.45) is 6.35. The van der Waals surface area contributed by atoms with E-state index in [2.05, 4.69) is 11.9 Å². The van der Waals surface area contributed by atoms with Crippen LogP contribution in [0.25, 0.3) is 0 Å². The van der Waals surface area contributed by atoms with Crippen molar-refractivity contribution in [2.24, 2.45) is 5.92 Å². The normalized spacial score (nSPS) is 14.2. The first kappa shape index (κ1) is 20.0. The lowest BCUT2D eigenvalue weighted by Crippen LogP contribution is -2.24. The molecule has 1 saturated carbocycles. The summed E-state index contributed by atoms with van der Waals surface area (Å²) in [6.45, 7) is 9.56. The maximum atomic E-state index is 14.0. The third kappa shape index (κ3) is 5.32. The highest BCUT2D eigenvalue weighted by atomic mass is 19.1. The van der Waals surface area contributed by atoms with Gasteiger partial charge in [0.05, 0.1) is 11.7 Å². The Hall–Kier alpha value is -2.36. The Balaban J connectivity index is 0.00000117. The summed E-state index contributed by atoms with van der Waals surface area (Å²) in [5.41, 5.74) is 1.99. The van der Waals surface area contributed by atoms with E-state index in [1.54, 1.807) is 35.8 Å². The molecule has 1 heterocycles. The van der Waals surface area contributed by atoms with Crippen LogP contribution in [-0.2, 0) is 0 Å². The van der Waals surface area contributed by atoms with Crippen molar-refractivity contribution < 1.29 is 4.39 Å². The van der Waals surface area contributed by atoms with Crippen molar-refractivity contribution in [3.05, 3.63) is 76.6 Å². The minimum Gasteiger partial charge on any atom is -0.357 e. The van der Waals surface area contributed by atoms with E-state index < -0.39 is 0 Å². The van der Waals surface area contributed by atoms with Gasteiger partial charge in [-0.05, 0) is 49.4 Å². The molecule has 0 radical (unpaired) electrons. The van der Waals surface area contributed by atoms with Gasteiger partial charge in [-0.15, -0.1) is 0 Å². The molecule has 1 aliphatic rings. The van der Waals surface area contributed by atoms with Crippen LogP contribution >= 0.6 is 0 Å². The van der Waals surface area contributed by atoms with Crippen molar-refractivity contribution >= 4 is 5.69 Å². The first-order chi connectivity index (χ1) is 12.5. The number of halogens is 1. The van der Waals surface area contributed by atoms with Crippen molar-refractivity contribution in [1.29, 1.82) is 0 Å². The van der Waals surface area contributed by atoms with Crippen LogP contribution in [0.5, 0.6) is 0 Å². The molecule has 140 valence electrons.